The highest BCUT2D eigenvalue weighted by Gasteiger charge is 2.24. The van der Waals surface area contributed by atoms with Gasteiger partial charge in [-0.25, -0.2) is 8.42 Å². The maximum Gasteiger partial charge on any atom is 0.202 e. The van der Waals surface area contributed by atoms with Crippen molar-refractivity contribution >= 4 is 9.84 Å². The van der Waals surface area contributed by atoms with Crippen LogP contribution in [0.4, 0.5) is 0 Å². The summed E-state index contributed by atoms with van der Waals surface area (Å²) in [6.45, 7) is 2.10. The largest absolute Gasteiger partial charge is 0.219 e. The predicted molar refractivity (Wildman–Crippen MR) is 64.7 cm³/mol. The molecule has 0 N–H and O–H groups in total. The van der Waals surface area contributed by atoms with Crippen LogP contribution in [0, 0.1) is 5.92 Å². The maximum atomic E-state index is 12.3. The van der Waals surface area contributed by atoms with Gasteiger partial charge in [-0.05, 0) is 37.3 Å². The molecule has 0 saturated carbocycles. The zero-order valence-electron chi connectivity index (χ0n) is 9.39. The van der Waals surface area contributed by atoms with Crippen molar-refractivity contribution in [1.82, 2.24) is 0 Å². The third kappa shape index (κ3) is 2.19. The molecular weight excluding hydrogens is 220 g/mol. The summed E-state index contributed by atoms with van der Waals surface area (Å²) in [4.78, 5) is 1.01. The van der Waals surface area contributed by atoms with Gasteiger partial charge in [-0.15, -0.1) is 0 Å². The Morgan fingerprint density at radius 1 is 1.19 bits per heavy atom. The molecule has 0 aliphatic heterocycles. The molecule has 1 aromatic rings. The fourth-order valence-corrected chi connectivity index (χ4v) is 3.69. The smallest absolute Gasteiger partial charge is 0.202 e. The summed E-state index contributed by atoms with van der Waals surface area (Å²) in [6, 6.07) is 8.68. The number of rotatable bonds is 2. The first-order valence-corrected chi connectivity index (χ1v) is 7.08. The molecule has 0 bridgehead atoms. The predicted octanol–water partition coefficient (Wildman–Crippen LogP) is 3.16. The minimum Gasteiger partial charge on any atom is -0.219 e. The lowest BCUT2D eigenvalue weighted by molar-refractivity contribution is 0.513. The van der Waals surface area contributed by atoms with Gasteiger partial charge in [0, 0.05) is 4.91 Å². The first-order chi connectivity index (χ1) is 7.60. The van der Waals surface area contributed by atoms with E-state index in [4.69, 9.17) is 0 Å². The Labute approximate surface area is 96.9 Å². The van der Waals surface area contributed by atoms with E-state index in [9.17, 15) is 8.42 Å². The molecule has 3 heteroatoms. The van der Waals surface area contributed by atoms with E-state index in [1.165, 1.54) is 0 Å². The van der Waals surface area contributed by atoms with Crippen molar-refractivity contribution in [3.8, 4) is 0 Å². The Kier molecular flexibility index (Phi) is 3.15. The molecule has 0 amide bonds. The fraction of sp³-hybridized carbons (Fsp3) is 0.385. The summed E-state index contributed by atoms with van der Waals surface area (Å²) < 4.78 is 24.5. The molecule has 0 spiro atoms. The van der Waals surface area contributed by atoms with Gasteiger partial charge in [-0.3, -0.25) is 0 Å². The maximum absolute atomic E-state index is 12.3. The minimum atomic E-state index is -3.23. The topological polar surface area (TPSA) is 34.1 Å². The van der Waals surface area contributed by atoms with Crippen LogP contribution in [-0.2, 0) is 9.84 Å². The van der Waals surface area contributed by atoms with Gasteiger partial charge >= 0.3 is 0 Å². The summed E-state index contributed by atoms with van der Waals surface area (Å²) in [5.41, 5.74) is 0. The fourth-order valence-electron chi connectivity index (χ4n) is 2.03. The highest BCUT2D eigenvalue weighted by atomic mass is 32.2. The Hall–Kier alpha value is -1.09. The van der Waals surface area contributed by atoms with Gasteiger partial charge in [0.05, 0.1) is 4.90 Å². The van der Waals surface area contributed by atoms with Crippen LogP contribution >= 0.6 is 0 Å². The molecule has 0 heterocycles. The van der Waals surface area contributed by atoms with Crippen LogP contribution in [0.3, 0.4) is 0 Å². The molecule has 1 aromatic carbocycles. The molecule has 1 aliphatic carbocycles. The van der Waals surface area contributed by atoms with Crippen molar-refractivity contribution in [3.63, 3.8) is 0 Å². The van der Waals surface area contributed by atoms with Crippen LogP contribution in [0.25, 0.3) is 0 Å². The van der Waals surface area contributed by atoms with E-state index < -0.39 is 9.84 Å². The number of sulfone groups is 1. The summed E-state index contributed by atoms with van der Waals surface area (Å²) in [7, 11) is -3.23. The highest BCUT2D eigenvalue weighted by molar-refractivity contribution is 7.95. The Morgan fingerprint density at radius 3 is 2.50 bits per heavy atom. The molecule has 86 valence electrons. The van der Waals surface area contributed by atoms with E-state index in [1.807, 2.05) is 12.1 Å². The molecule has 1 aliphatic rings. The van der Waals surface area contributed by atoms with Gasteiger partial charge in [-0.1, -0.05) is 31.2 Å². The van der Waals surface area contributed by atoms with Crippen molar-refractivity contribution in [2.24, 2.45) is 5.92 Å². The van der Waals surface area contributed by atoms with Crippen molar-refractivity contribution < 1.29 is 8.42 Å². The molecular formula is C13H16O2S. The quantitative estimate of drug-likeness (QED) is 0.790. The zero-order chi connectivity index (χ0) is 11.6. The molecule has 0 aromatic heterocycles. The van der Waals surface area contributed by atoms with E-state index in [-0.39, 0.29) is 0 Å². The average Bonchev–Trinajstić information content (AvgIpc) is 2.30. The highest BCUT2D eigenvalue weighted by Crippen LogP contribution is 2.30. The first kappa shape index (κ1) is 11.4. The van der Waals surface area contributed by atoms with Gasteiger partial charge in [0.25, 0.3) is 0 Å². The lowest BCUT2D eigenvalue weighted by Crippen LogP contribution is -2.11. The van der Waals surface area contributed by atoms with E-state index in [2.05, 4.69) is 6.92 Å². The minimum absolute atomic E-state index is 0.412. The number of hydrogen-bond donors (Lipinski definition) is 0. The van der Waals surface area contributed by atoms with E-state index in [0.717, 1.165) is 12.8 Å². The first-order valence-electron chi connectivity index (χ1n) is 5.60. The van der Waals surface area contributed by atoms with E-state index in [1.54, 1.807) is 24.3 Å². The lowest BCUT2D eigenvalue weighted by Gasteiger charge is -2.18. The van der Waals surface area contributed by atoms with Gasteiger partial charge in [0.2, 0.25) is 9.84 Å². The van der Waals surface area contributed by atoms with Crippen LogP contribution < -0.4 is 0 Å². The van der Waals surface area contributed by atoms with Crippen LogP contribution in [0.2, 0.25) is 0 Å². The third-order valence-electron chi connectivity index (χ3n) is 2.98. The van der Waals surface area contributed by atoms with Gasteiger partial charge in [0.15, 0.2) is 0 Å². The van der Waals surface area contributed by atoms with Crippen molar-refractivity contribution in [2.75, 3.05) is 0 Å². The van der Waals surface area contributed by atoms with Crippen molar-refractivity contribution in [2.45, 2.75) is 31.1 Å². The Morgan fingerprint density at radius 2 is 1.88 bits per heavy atom. The monoisotopic (exact) mass is 236 g/mol. The normalized spacial score (nSPS) is 21.6. The van der Waals surface area contributed by atoms with Gasteiger partial charge < -0.3 is 0 Å². The lowest BCUT2D eigenvalue weighted by atomic mass is 9.96. The molecule has 16 heavy (non-hydrogen) atoms. The SMILES string of the molecule is CC1CCC=C(S(=O)(=O)c2ccccc2)C1. The van der Waals surface area contributed by atoms with Crippen molar-refractivity contribution in [1.29, 1.82) is 0 Å². The van der Waals surface area contributed by atoms with Crippen LogP contribution in [0.5, 0.6) is 0 Å². The average molecular weight is 236 g/mol. The molecule has 1 atom stereocenters. The zero-order valence-corrected chi connectivity index (χ0v) is 10.2. The summed E-state index contributed by atoms with van der Waals surface area (Å²) in [5, 5.41) is 0. The standard InChI is InChI=1S/C13H16O2S/c1-11-6-5-9-13(10-11)16(14,15)12-7-3-2-4-8-12/h2-4,7-9,11H,5-6,10H2,1H3. The number of hydrogen-bond acceptors (Lipinski definition) is 2. The molecule has 0 saturated heterocycles. The summed E-state index contributed by atoms with van der Waals surface area (Å²) in [6.07, 6.45) is 4.52. The molecule has 1 unspecified atom stereocenters. The number of benzene rings is 1. The molecule has 2 rings (SSSR count). The van der Waals surface area contributed by atoms with E-state index in [0.29, 0.717) is 22.1 Å². The van der Waals surface area contributed by atoms with Gasteiger partial charge in [0.1, 0.15) is 0 Å². The molecule has 0 fully saturated rings. The Bertz CT molecular complexity index is 486. The van der Waals surface area contributed by atoms with Crippen LogP contribution in [-0.4, -0.2) is 8.42 Å². The van der Waals surface area contributed by atoms with Crippen LogP contribution in [0.1, 0.15) is 26.2 Å². The molecule has 2 nitrogen and oxygen atoms in total. The third-order valence-corrected chi connectivity index (χ3v) is 4.90. The second-order valence-corrected chi connectivity index (χ2v) is 6.38. The summed E-state index contributed by atoms with van der Waals surface area (Å²) >= 11 is 0. The van der Waals surface area contributed by atoms with Gasteiger partial charge in [-0.2, -0.15) is 0 Å². The van der Waals surface area contributed by atoms with E-state index >= 15 is 0 Å². The number of allylic oxidation sites excluding steroid dienone is 2. The second-order valence-electron chi connectivity index (χ2n) is 4.37. The summed E-state index contributed by atoms with van der Waals surface area (Å²) in [5.74, 6) is 0.471. The van der Waals surface area contributed by atoms with Crippen molar-refractivity contribution in [3.05, 3.63) is 41.3 Å². The second kappa shape index (κ2) is 4.42. The Balaban J connectivity index is 2.37. The van der Waals surface area contributed by atoms with Crippen LogP contribution in [0.15, 0.2) is 46.2 Å². The molecule has 0 radical (unpaired) electrons.